The van der Waals surface area contributed by atoms with Crippen LogP contribution in [0, 0.1) is 0 Å². The Morgan fingerprint density at radius 3 is 3.07 bits per heavy atom. The van der Waals surface area contributed by atoms with Gasteiger partial charge in [-0.3, -0.25) is 4.79 Å². The van der Waals surface area contributed by atoms with Gasteiger partial charge in [-0.05, 0) is 12.1 Å². The second-order valence-electron chi connectivity index (χ2n) is 2.98. The minimum atomic E-state index is -0.0978. The summed E-state index contributed by atoms with van der Waals surface area (Å²) in [5.41, 5.74) is 0.584. The van der Waals surface area contributed by atoms with Crippen molar-refractivity contribution in [2.45, 2.75) is 0 Å². The molecular formula is C9H6N4O. The highest BCUT2D eigenvalue weighted by Gasteiger charge is 2.04. The lowest BCUT2D eigenvalue weighted by Gasteiger charge is -1.95. The van der Waals surface area contributed by atoms with Crippen LogP contribution in [-0.4, -0.2) is 19.6 Å². The molecule has 0 unspecified atom stereocenters. The zero-order chi connectivity index (χ0) is 9.54. The molecule has 0 aliphatic heterocycles. The van der Waals surface area contributed by atoms with Gasteiger partial charge in [-0.2, -0.15) is 5.10 Å². The Labute approximate surface area is 78.0 Å². The van der Waals surface area contributed by atoms with Crippen LogP contribution < -0.4 is 5.56 Å². The van der Waals surface area contributed by atoms with Gasteiger partial charge in [-0.15, -0.1) is 0 Å². The van der Waals surface area contributed by atoms with E-state index in [9.17, 15) is 4.79 Å². The first kappa shape index (κ1) is 7.25. The van der Waals surface area contributed by atoms with Crippen molar-refractivity contribution >= 4 is 16.7 Å². The van der Waals surface area contributed by atoms with E-state index in [4.69, 9.17) is 0 Å². The van der Waals surface area contributed by atoms with Crippen LogP contribution in [0.25, 0.3) is 16.7 Å². The fourth-order valence-electron chi connectivity index (χ4n) is 1.48. The quantitative estimate of drug-likeness (QED) is 0.558. The molecule has 1 aromatic carbocycles. The van der Waals surface area contributed by atoms with Crippen LogP contribution in [-0.2, 0) is 0 Å². The van der Waals surface area contributed by atoms with E-state index < -0.39 is 0 Å². The third-order valence-electron chi connectivity index (χ3n) is 2.15. The number of nitrogens with one attached hydrogen (secondary N) is 1. The third-order valence-corrected chi connectivity index (χ3v) is 2.15. The monoisotopic (exact) mass is 186 g/mol. The van der Waals surface area contributed by atoms with Gasteiger partial charge >= 0.3 is 0 Å². The number of hydrogen-bond donors (Lipinski definition) is 1. The van der Waals surface area contributed by atoms with Gasteiger partial charge in [0, 0.05) is 0 Å². The predicted molar refractivity (Wildman–Crippen MR) is 51.1 cm³/mol. The van der Waals surface area contributed by atoms with Gasteiger partial charge in [0.2, 0.25) is 5.78 Å². The van der Waals surface area contributed by atoms with Gasteiger partial charge in [0.15, 0.2) is 0 Å². The summed E-state index contributed by atoms with van der Waals surface area (Å²) < 4.78 is 1.39. The number of fused-ring (bicyclic) bond motifs is 2. The molecule has 0 saturated heterocycles. The minimum Gasteiger partial charge on any atom is -0.268 e. The lowest BCUT2D eigenvalue weighted by atomic mass is 10.2. The molecule has 2 aromatic heterocycles. The first-order chi connectivity index (χ1) is 6.86. The van der Waals surface area contributed by atoms with Crippen LogP contribution in [0.1, 0.15) is 0 Å². The number of H-pyrrole nitrogens is 1. The molecule has 0 amide bonds. The zero-order valence-electron chi connectivity index (χ0n) is 7.14. The Kier molecular flexibility index (Phi) is 1.25. The van der Waals surface area contributed by atoms with Gasteiger partial charge in [0.25, 0.3) is 5.56 Å². The van der Waals surface area contributed by atoms with E-state index in [2.05, 4.69) is 15.2 Å². The Hall–Kier alpha value is -2.17. The van der Waals surface area contributed by atoms with Gasteiger partial charge in [-0.25, -0.2) is 14.5 Å². The second-order valence-corrected chi connectivity index (χ2v) is 2.98. The Balaban J connectivity index is 2.70. The minimum absolute atomic E-state index is 0.0978. The molecular weight excluding hydrogens is 180 g/mol. The number of hydrogen-bond acceptors (Lipinski definition) is 3. The van der Waals surface area contributed by atoms with Crippen molar-refractivity contribution in [3.8, 4) is 0 Å². The summed E-state index contributed by atoms with van der Waals surface area (Å²) in [5, 5.41) is 7.02. The number of aromatic nitrogens is 4. The lowest BCUT2D eigenvalue weighted by Crippen LogP contribution is -2.12. The maximum absolute atomic E-state index is 11.8. The molecule has 0 bridgehead atoms. The number of para-hydroxylation sites is 1. The topological polar surface area (TPSA) is 63.0 Å². The standard InChI is InChI=1S/C9H6N4O/c14-8-6-3-1-2-4-7(6)11-9-12-10-5-13(8)9/h1-5H,(H,11,12). The third kappa shape index (κ3) is 0.806. The number of benzene rings is 1. The maximum Gasteiger partial charge on any atom is 0.268 e. The number of nitrogens with zero attached hydrogens (tertiary/aromatic N) is 3. The highest BCUT2D eigenvalue weighted by molar-refractivity contribution is 5.78. The first-order valence-electron chi connectivity index (χ1n) is 4.17. The molecule has 14 heavy (non-hydrogen) atoms. The molecule has 0 aliphatic carbocycles. The molecule has 68 valence electrons. The smallest absolute Gasteiger partial charge is 0.268 e. The summed E-state index contributed by atoms with van der Waals surface area (Å²) >= 11 is 0. The van der Waals surface area contributed by atoms with Gasteiger partial charge in [0.1, 0.15) is 6.33 Å². The molecule has 0 aliphatic rings. The summed E-state index contributed by atoms with van der Waals surface area (Å²) in [6.07, 6.45) is 1.43. The highest BCUT2D eigenvalue weighted by atomic mass is 16.1. The Morgan fingerprint density at radius 2 is 2.14 bits per heavy atom. The van der Waals surface area contributed by atoms with Crippen LogP contribution in [0.15, 0.2) is 35.4 Å². The molecule has 5 heteroatoms. The number of rotatable bonds is 0. The molecule has 3 aromatic rings. The fourth-order valence-corrected chi connectivity index (χ4v) is 1.48. The van der Waals surface area contributed by atoms with E-state index in [1.165, 1.54) is 10.7 Å². The summed E-state index contributed by atoms with van der Waals surface area (Å²) in [4.78, 5) is 16.1. The Bertz CT molecular complexity index is 667. The van der Waals surface area contributed by atoms with Crippen LogP contribution in [0.3, 0.4) is 0 Å². The number of aromatic amines is 1. The molecule has 0 saturated carbocycles. The highest BCUT2D eigenvalue weighted by Crippen LogP contribution is 2.06. The van der Waals surface area contributed by atoms with Crippen molar-refractivity contribution in [3.05, 3.63) is 40.9 Å². The van der Waals surface area contributed by atoms with E-state index in [0.717, 1.165) is 0 Å². The normalized spacial score (nSPS) is 11.1. The summed E-state index contributed by atoms with van der Waals surface area (Å²) in [5.74, 6) is 0.466. The van der Waals surface area contributed by atoms with Crippen LogP contribution in [0.2, 0.25) is 0 Å². The molecule has 5 nitrogen and oxygen atoms in total. The van der Waals surface area contributed by atoms with E-state index in [1.807, 2.05) is 12.1 Å². The van der Waals surface area contributed by atoms with E-state index >= 15 is 0 Å². The van der Waals surface area contributed by atoms with Gasteiger partial charge in [-0.1, -0.05) is 12.1 Å². The van der Waals surface area contributed by atoms with E-state index in [1.54, 1.807) is 12.1 Å². The molecule has 3 rings (SSSR count). The van der Waals surface area contributed by atoms with Crippen molar-refractivity contribution in [3.63, 3.8) is 0 Å². The molecule has 0 atom stereocenters. The Morgan fingerprint density at radius 1 is 1.29 bits per heavy atom. The summed E-state index contributed by atoms with van der Waals surface area (Å²) in [6.45, 7) is 0. The molecule has 0 spiro atoms. The average molecular weight is 186 g/mol. The van der Waals surface area contributed by atoms with Crippen molar-refractivity contribution in [1.29, 1.82) is 0 Å². The van der Waals surface area contributed by atoms with Crippen LogP contribution in [0.5, 0.6) is 0 Å². The van der Waals surface area contributed by atoms with Crippen molar-refractivity contribution in [2.75, 3.05) is 0 Å². The van der Waals surface area contributed by atoms with E-state index in [-0.39, 0.29) is 5.56 Å². The summed E-state index contributed by atoms with van der Waals surface area (Å²) in [6, 6.07) is 7.22. The molecule has 0 fully saturated rings. The van der Waals surface area contributed by atoms with Crippen molar-refractivity contribution < 1.29 is 0 Å². The van der Waals surface area contributed by atoms with Gasteiger partial charge < -0.3 is 0 Å². The van der Waals surface area contributed by atoms with E-state index in [0.29, 0.717) is 16.7 Å². The lowest BCUT2D eigenvalue weighted by molar-refractivity contribution is 1.08. The maximum atomic E-state index is 11.8. The SMILES string of the molecule is O=c1c2ccccc2nc2[nH]ncn12. The predicted octanol–water partition coefficient (Wildman–Crippen LogP) is 0.571. The fraction of sp³-hybridized carbons (Fsp3) is 0. The largest absolute Gasteiger partial charge is 0.268 e. The van der Waals surface area contributed by atoms with Crippen LogP contribution >= 0.6 is 0 Å². The first-order valence-corrected chi connectivity index (χ1v) is 4.17. The average Bonchev–Trinajstić information content (AvgIpc) is 2.66. The molecule has 2 heterocycles. The van der Waals surface area contributed by atoms with Crippen molar-refractivity contribution in [2.24, 2.45) is 0 Å². The second kappa shape index (κ2) is 2.41. The van der Waals surface area contributed by atoms with Crippen LogP contribution in [0.4, 0.5) is 0 Å². The van der Waals surface area contributed by atoms with Crippen molar-refractivity contribution in [1.82, 2.24) is 19.6 Å². The molecule has 0 radical (unpaired) electrons. The zero-order valence-corrected chi connectivity index (χ0v) is 7.14. The summed E-state index contributed by atoms with van der Waals surface area (Å²) in [7, 11) is 0. The molecule has 1 N–H and O–H groups in total. The van der Waals surface area contributed by atoms with Gasteiger partial charge in [0.05, 0.1) is 10.9 Å².